The lowest BCUT2D eigenvalue weighted by Crippen LogP contribution is -2.36. The average molecular weight is 285 g/mol. The molecule has 114 valence electrons. The number of nitrogens with one attached hydrogen (secondary N) is 1. The summed E-state index contributed by atoms with van der Waals surface area (Å²) in [5.41, 5.74) is 3.87. The van der Waals surface area contributed by atoms with Crippen molar-refractivity contribution in [3.63, 3.8) is 0 Å². The quantitative estimate of drug-likeness (QED) is 0.846. The number of rotatable bonds is 7. The van der Waals surface area contributed by atoms with E-state index in [1.165, 1.54) is 17.0 Å². The lowest BCUT2D eigenvalue weighted by molar-refractivity contribution is 0.447. The molecule has 0 spiro atoms. The first-order valence-corrected chi connectivity index (χ1v) is 7.95. The molecule has 1 aromatic carbocycles. The Morgan fingerprint density at radius 1 is 1.19 bits per heavy atom. The van der Waals surface area contributed by atoms with E-state index >= 15 is 0 Å². The molecule has 0 fully saturated rings. The molecule has 21 heavy (non-hydrogen) atoms. The van der Waals surface area contributed by atoms with Gasteiger partial charge in [-0.15, -0.1) is 0 Å². The summed E-state index contributed by atoms with van der Waals surface area (Å²) in [6, 6.07) is 13.4. The van der Waals surface area contributed by atoms with E-state index in [0.717, 1.165) is 19.4 Å². The van der Waals surface area contributed by atoms with Crippen LogP contribution in [0.2, 0.25) is 0 Å². The van der Waals surface area contributed by atoms with Gasteiger partial charge in [-0.25, -0.2) is 0 Å². The van der Waals surface area contributed by atoms with Crippen LogP contribution in [0.5, 0.6) is 0 Å². The van der Waals surface area contributed by atoms with Gasteiger partial charge in [0.25, 0.3) is 0 Å². The monoisotopic (exact) mass is 285 g/mol. The molecule has 0 aliphatic heterocycles. The van der Waals surface area contributed by atoms with Gasteiger partial charge in [0.05, 0.1) is 5.69 Å². The summed E-state index contributed by atoms with van der Waals surface area (Å²) in [7, 11) is 2.05. The predicted molar refractivity (Wildman–Crippen MR) is 88.6 cm³/mol. The number of hydrogen-bond donors (Lipinski definition) is 1. The topological polar surface area (TPSA) is 29.9 Å². The van der Waals surface area contributed by atoms with Gasteiger partial charge in [-0.1, -0.05) is 51.1 Å². The summed E-state index contributed by atoms with van der Waals surface area (Å²) in [5.74, 6) is 0.478. The third kappa shape index (κ3) is 3.94. The number of likely N-dealkylation sites (N-methyl/N-ethyl adjacent to an activating group) is 1. The fourth-order valence-electron chi connectivity index (χ4n) is 2.84. The van der Waals surface area contributed by atoms with Gasteiger partial charge in [-0.05, 0) is 30.5 Å². The smallest absolute Gasteiger partial charge is 0.0624 e. The van der Waals surface area contributed by atoms with Gasteiger partial charge in [0.1, 0.15) is 0 Å². The molecule has 2 aromatic rings. The van der Waals surface area contributed by atoms with Crippen LogP contribution in [-0.4, -0.2) is 22.4 Å². The largest absolute Gasteiger partial charge is 0.313 e. The molecule has 0 aliphatic carbocycles. The van der Waals surface area contributed by atoms with Crippen LogP contribution in [0, 0.1) is 0 Å². The van der Waals surface area contributed by atoms with Crippen LogP contribution >= 0.6 is 0 Å². The normalized spacial score (nSPS) is 14.1. The standard InChI is InChI=1S/C18H27N3/c1-5-16-12-17(21(4)20-16)13-18(19-6-2)14(3)15-10-8-7-9-11-15/h7-12,14,18-19H,5-6,13H2,1-4H3. The molecule has 0 saturated carbocycles. The minimum absolute atomic E-state index is 0.428. The number of aromatic nitrogens is 2. The van der Waals surface area contributed by atoms with Gasteiger partial charge in [0.15, 0.2) is 0 Å². The van der Waals surface area contributed by atoms with Crippen LogP contribution in [0.25, 0.3) is 0 Å². The second kappa shape index (κ2) is 7.41. The van der Waals surface area contributed by atoms with Gasteiger partial charge in [-0.3, -0.25) is 4.68 Å². The van der Waals surface area contributed by atoms with Crippen molar-refractivity contribution in [1.29, 1.82) is 0 Å². The average Bonchev–Trinajstić information content (AvgIpc) is 2.87. The number of hydrogen-bond acceptors (Lipinski definition) is 2. The van der Waals surface area contributed by atoms with Gasteiger partial charge in [0.2, 0.25) is 0 Å². The highest BCUT2D eigenvalue weighted by Gasteiger charge is 2.20. The molecular weight excluding hydrogens is 258 g/mol. The van der Waals surface area contributed by atoms with Gasteiger partial charge in [-0.2, -0.15) is 5.10 Å². The first-order valence-electron chi connectivity index (χ1n) is 7.95. The van der Waals surface area contributed by atoms with E-state index in [1.807, 2.05) is 11.7 Å². The molecule has 3 heteroatoms. The molecule has 0 aliphatic rings. The first kappa shape index (κ1) is 15.8. The van der Waals surface area contributed by atoms with Crippen LogP contribution in [-0.2, 0) is 19.9 Å². The highest BCUT2D eigenvalue weighted by Crippen LogP contribution is 2.22. The fraction of sp³-hybridized carbons (Fsp3) is 0.500. The van der Waals surface area contributed by atoms with E-state index in [1.54, 1.807) is 0 Å². The minimum atomic E-state index is 0.428. The molecule has 2 atom stereocenters. The third-order valence-corrected chi connectivity index (χ3v) is 4.21. The molecule has 3 nitrogen and oxygen atoms in total. The van der Waals surface area contributed by atoms with Crippen molar-refractivity contribution in [3.05, 3.63) is 53.3 Å². The highest BCUT2D eigenvalue weighted by molar-refractivity contribution is 5.22. The Bertz CT molecular complexity index is 545. The molecule has 1 aromatic heterocycles. The van der Waals surface area contributed by atoms with E-state index in [-0.39, 0.29) is 0 Å². The fourth-order valence-corrected chi connectivity index (χ4v) is 2.84. The van der Waals surface area contributed by atoms with E-state index in [4.69, 9.17) is 0 Å². The van der Waals surface area contributed by atoms with Gasteiger partial charge < -0.3 is 5.32 Å². The Hall–Kier alpha value is -1.61. The summed E-state index contributed by atoms with van der Waals surface area (Å²) >= 11 is 0. The highest BCUT2D eigenvalue weighted by atomic mass is 15.3. The van der Waals surface area contributed by atoms with Crippen LogP contribution in [0.4, 0.5) is 0 Å². The molecule has 0 bridgehead atoms. The van der Waals surface area contributed by atoms with Gasteiger partial charge >= 0.3 is 0 Å². The molecule has 0 radical (unpaired) electrons. The van der Waals surface area contributed by atoms with Crippen LogP contribution in [0.3, 0.4) is 0 Å². The lowest BCUT2D eigenvalue weighted by Gasteiger charge is -2.25. The van der Waals surface area contributed by atoms with Crippen molar-refractivity contribution in [2.24, 2.45) is 7.05 Å². The molecule has 2 rings (SSSR count). The SMILES string of the molecule is CCNC(Cc1cc(CC)nn1C)C(C)c1ccccc1. The minimum Gasteiger partial charge on any atom is -0.313 e. The van der Waals surface area contributed by atoms with Crippen molar-refractivity contribution >= 4 is 0 Å². The summed E-state index contributed by atoms with van der Waals surface area (Å²) in [5, 5.41) is 8.21. The summed E-state index contributed by atoms with van der Waals surface area (Å²) in [6.45, 7) is 7.62. The molecule has 0 saturated heterocycles. The van der Waals surface area contributed by atoms with Crippen LogP contribution in [0.1, 0.15) is 43.6 Å². The van der Waals surface area contributed by atoms with Crippen molar-refractivity contribution in [1.82, 2.24) is 15.1 Å². The molecule has 1 N–H and O–H groups in total. The lowest BCUT2D eigenvalue weighted by atomic mass is 9.90. The molecule has 0 amide bonds. The Morgan fingerprint density at radius 2 is 1.90 bits per heavy atom. The zero-order valence-electron chi connectivity index (χ0n) is 13.6. The summed E-state index contributed by atoms with van der Waals surface area (Å²) in [6.07, 6.45) is 2.00. The Balaban J connectivity index is 2.16. The zero-order chi connectivity index (χ0) is 15.2. The number of nitrogens with zero attached hydrogens (tertiary/aromatic N) is 2. The van der Waals surface area contributed by atoms with E-state index in [9.17, 15) is 0 Å². The zero-order valence-corrected chi connectivity index (χ0v) is 13.6. The van der Waals surface area contributed by atoms with Crippen molar-refractivity contribution in [2.75, 3.05) is 6.54 Å². The predicted octanol–water partition coefficient (Wildman–Crippen LogP) is 3.31. The Kier molecular flexibility index (Phi) is 5.57. The summed E-state index contributed by atoms with van der Waals surface area (Å²) < 4.78 is 2.03. The maximum atomic E-state index is 4.56. The Labute approximate surface area is 128 Å². The van der Waals surface area contributed by atoms with Crippen molar-refractivity contribution < 1.29 is 0 Å². The van der Waals surface area contributed by atoms with Crippen molar-refractivity contribution in [2.45, 2.75) is 45.6 Å². The number of benzene rings is 1. The number of aryl methyl sites for hydroxylation is 2. The van der Waals surface area contributed by atoms with Crippen LogP contribution in [0.15, 0.2) is 36.4 Å². The van der Waals surface area contributed by atoms with Crippen LogP contribution < -0.4 is 5.32 Å². The van der Waals surface area contributed by atoms with E-state index < -0.39 is 0 Å². The Morgan fingerprint density at radius 3 is 2.48 bits per heavy atom. The second-order valence-corrected chi connectivity index (χ2v) is 5.67. The van der Waals surface area contributed by atoms with E-state index in [0.29, 0.717) is 12.0 Å². The maximum Gasteiger partial charge on any atom is 0.0624 e. The van der Waals surface area contributed by atoms with Crippen molar-refractivity contribution in [3.8, 4) is 0 Å². The first-order chi connectivity index (χ1) is 10.2. The third-order valence-electron chi connectivity index (χ3n) is 4.21. The van der Waals surface area contributed by atoms with Gasteiger partial charge in [0, 0.05) is 25.2 Å². The second-order valence-electron chi connectivity index (χ2n) is 5.67. The maximum absolute atomic E-state index is 4.56. The van der Waals surface area contributed by atoms with E-state index in [2.05, 4.69) is 67.6 Å². The molecule has 1 heterocycles. The summed E-state index contributed by atoms with van der Waals surface area (Å²) in [4.78, 5) is 0. The molecular formula is C18H27N3. The molecule has 2 unspecified atom stereocenters.